The lowest BCUT2D eigenvalue weighted by atomic mass is 10.4. The van der Waals surface area contributed by atoms with Gasteiger partial charge in [-0.15, -0.1) is 0 Å². The molecule has 5 heteroatoms. The summed E-state index contributed by atoms with van der Waals surface area (Å²) in [5, 5.41) is 3.20. The Labute approximate surface area is 99.8 Å². The monoisotopic (exact) mass is 248 g/mol. The summed E-state index contributed by atoms with van der Waals surface area (Å²) in [6, 6.07) is 0.399. The number of nitrogens with zero attached hydrogens (tertiary/aromatic N) is 1. The molecule has 0 aliphatic heterocycles. The van der Waals surface area contributed by atoms with Crippen LogP contribution in [-0.4, -0.2) is 44.7 Å². The molecular formula is C11H24N2O2S. The highest BCUT2D eigenvalue weighted by Gasteiger charge is 2.16. The Morgan fingerprint density at radius 3 is 2.44 bits per heavy atom. The van der Waals surface area contributed by atoms with Gasteiger partial charge in [-0.25, -0.2) is 12.7 Å². The predicted molar refractivity (Wildman–Crippen MR) is 69.0 cm³/mol. The summed E-state index contributed by atoms with van der Waals surface area (Å²) in [7, 11) is -1.52. The number of hydrogen-bond donors (Lipinski definition) is 1. The van der Waals surface area contributed by atoms with Crippen molar-refractivity contribution in [3.63, 3.8) is 0 Å². The third-order valence-electron chi connectivity index (χ3n) is 2.10. The number of sulfonamides is 1. The van der Waals surface area contributed by atoms with E-state index in [2.05, 4.69) is 11.9 Å². The van der Waals surface area contributed by atoms with Crippen LogP contribution in [0.2, 0.25) is 0 Å². The van der Waals surface area contributed by atoms with Gasteiger partial charge in [-0.2, -0.15) is 0 Å². The van der Waals surface area contributed by atoms with Gasteiger partial charge in [0.05, 0.1) is 5.75 Å². The summed E-state index contributed by atoms with van der Waals surface area (Å²) in [5.74, 6) is 0.191. The molecule has 0 saturated carbocycles. The van der Waals surface area contributed by atoms with Crippen LogP contribution in [0, 0.1) is 0 Å². The highest BCUT2D eigenvalue weighted by atomic mass is 32.2. The van der Waals surface area contributed by atoms with E-state index in [1.54, 1.807) is 7.05 Å². The Morgan fingerprint density at radius 2 is 2.00 bits per heavy atom. The van der Waals surface area contributed by atoms with Crippen molar-refractivity contribution in [1.29, 1.82) is 0 Å². The molecule has 16 heavy (non-hydrogen) atoms. The summed E-state index contributed by atoms with van der Waals surface area (Å²) >= 11 is 0. The third-order valence-corrected chi connectivity index (χ3v) is 3.98. The van der Waals surface area contributed by atoms with Gasteiger partial charge >= 0.3 is 0 Å². The fourth-order valence-corrected chi connectivity index (χ4v) is 2.52. The summed E-state index contributed by atoms with van der Waals surface area (Å²) in [6.07, 6.45) is 0.640. The van der Waals surface area contributed by atoms with Crippen LogP contribution in [0.4, 0.5) is 0 Å². The van der Waals surface area contributed by atoms with E-state index in [9.17, 15) is 8.42 Å². The number of nitrogens with one attached hydrogen (secondary N) is 1. The van der Waals surface area contributed by atoms with Gasteiger partial charge in [0, 0.05) is 19.6 Å². The molecule has 0 rings (SSSR count). The molecule has 0 heterocycles. The molecule has 0 amide bonds. The molecular weight excluding hydrogens is 224 g/mol. The second kappa shape index (κ2) is 7.04. The van der Waals surface area contributed by atoms with E-state index in [0.29, 0.717) is 19.0 Å². The minimum atomic E-state index is -3.12. The highest BCUT2D eigenvalue weighted by Crippen LogP contribution is 2.03. The topological polar surface area (TPSA) is 49.4 Å². The Balaban J connectivity index is 4.00. The lowest BCUT2D eigenvalue weighted by Crippen LogP contribution is -2.32. The fourth-order valence-electron chi connectivity index (χ4n) is 1.28. The van der Waals surface area contributed by atoms with E-state index in [1.165, 1.54) is 4.31 Å². The molecule has 0 aromatic rings. The first-order chi connectivity index (χ1) is 7.25. The van der Waals surface area contributed by atoms with E-state index < -0.39 is 10.0 Å². The van der Waals surface area contributed by atoms with Crippen LogP contribution in [0.3, 0.4) is 0 Å². The van der Waals surface area contributed by atoms with Gasteiger partial charge in [-0.05, 0) is 19.9 Å². The SMILES string of the molecule is C=C(C)CN(C)S(=O)(=O)CCCNC(C)C. The van der Waals surface area contributed by atoms with Crippen molar-refractivity contribution >= 4 is 10.0 Å². The van der Waals surface area contributed by atoms with Crippen molar-refractivity contribution in [3.05, 3.63) is 12.2 Å². The molecule has 0 aliphatic carbocycles. The zero-order chi connectivity index (χ0) is 12.8. The quantitative estimate of drug-likeness (QED) is 0.519. The van der Waals surface area contributed by atoms with Crippen LogP contribution >= 0.6 is 0 Å². The molecule has 96 valence electrons. The molecule has 0 spiro atoms. The highest BCUT2D eigenvalue weighted by molar-refractivity contribution is 7.89. The standard InChI is InChI=1S/C11H24N2O2S/c1-10(2)9-13(5)16(14,15)8-6-7-12-11(3)4/h11-12H,1,6-9H2,2-5H3. The Hall–Kier alpha value is -0.390. The summed E-state index contributed by atoms with van der Waals surface area (Å²) < 4.78 is 24.9. The van der Waals surface area contributed by atoms with Gasteiger partial charge in [0.1, 0.15) is 0 Å². The molecule has 0 aromatic carbocycles. The molecule has 0 bridgehead atoms. The zero-order valence-electron chi connectivity index (χ0n) is 10.8. The van der Waals surface area contributed by atoms with Gasteiger partial charge < -0.3 is 5.32 Å². The van der Waals surface area contributed by atoms with Crippen molar-refractivity contribution < 1.29 is 8.42 Å². The van der Waals surface area contributed by atoms with Crippen molar-refractivity contribution in [2.45, 2.75) is 33.2 Å². The van der Waals surface area contributed by atoms with E-state index in [1.807, 2.05) is 20.8 Å². The average molecular weight is 248 g/mol. The Kier molecular flexibility index (Phi) is 6.87. The Morgan fingerprint density at radius 1 is 1.44 bits per heavy atom. The average Bonchev–Trinajstić information content (AvgIpc) is 2.11. The molecule has 0 fully saturated rings. The van der Waals surface area contributed by atoms with Crippen LogP contribution in [-0.2, 0) is 10.0 Å². The van der Waals surface area contributed by atoms with E-state index in [4.69, 9.17) is 0 Å². The molecule has 0 atom stereocenters. The van der Waals surface area contributed by atoms with Gasteiger partial charge in [0.25, 0.3) is 0 Å². The van der Waals surface area contributed by atoms with Crippen molar-refractivity contribution in [1.82, 2.24) is 9.62 Å². The van der Waals surface area contributed by atoms with Crippen molar-refractivity contribution in [2.75, 3.05) is 25.9 Å². The smallest absolute Gasteiger partial charge is 0.214 e. The first kappa shape index (κ1) is 15.6. The Bertz CT molecular complexity index is 310. The maximum atomic E-state index is 11.8. The zero-order valence-corrected chi connectivity index (χ0v) is 11.6. The lowest BCUT2D eigenvalue weighted by molar-refractivity contribution is 0.488. The van der Waals surface area contributed by atoms with Crippen LogP contribution < -0.4 is 5.32 Å². The van der Waals surface area contributed by atoms with Gasteiger partial charge in [-0.1, -0.05) is 26.0 Å². The maximum Gasteiger partial charge on any atom is 0.214 e. The molecule has 0 radical (unpaired) electrons. The third kappa shape index (κ3) is 6.98. The maximum absolute atomic E-state index is 11.8. The van der Waals surface area contributed by atoms with Crippen LogP contribution in [0.15, 0.2) is 12.2 Å². The number of hydrogen-bond acceptors (Lipinski definition) is 3. The van der Waals surface area contributed by atoms with Crippen LogP contribution in [0.1, 0.15) is 27.2 Å². The second-order valence-corrected chi connectivity index (χ2v) is 6.69. The number of likely N-dealkylation sites (N-methyl/N-ethyl adjacent to an activating group) is 1. The molecule has 0 unspecified atom stereocenters. The van der Waals surface area contributed by atoms with Gasteiger partial charge in [-0.3, -0.25) is 0 Å². The number of rotatable bonds is 8. The fraction of sp³-hybridized carbons (Fsp3) is 0.818. The molecule has 0 aliphatic rings. The van der Waals surface area contributed by atoms with Crippen molar-refractivity contribution in [2.24, 2.45) is 0 Å². The van der Waals surface area contributed by atoms with Gasteiger partial charge in [0.15, 0.2) is 0 Å². The minimum absolute atomic E-state index is 0.191. The summed E-state index contributed by atoms with van der Waals surface area (Å²) in [5.41, 5.74) is 0.853. The first-order valence-corrected chi connectivity index (χ1v) is 7.18. The second-order valence-electron chi connectivity index (χ2n) is 4.49. The molecule has 4 nitrogen and oxygen atoms in total. The molecule has 0 aromatic heterocycles. The predicted octanol–water partition coefficient (Wildman–Crippen LogP) is 1.21. The van der Waals surface area contributed by atoms with Crippen LogP contribution in [0.25, 0.3) is 0 Å². The largest absolute Gasteiger partial charge is 0.314 e. The first-order valence-electron chi connectivity index (χ1n) is 5.57. The van der Waals surface area contributed by atoms with E-state index >= 15 is 0 Å². The summed E-state index contributed by atoms with van der Waals surface area (Å²) in [6.45, 7) is 10.8. The van der Waals surface area contributed by atoms with Crippen LogP contribution in [0.5, 0.6) is 0 Å². The van der Waals surface area contributed by atoms with Gasteiger partial charge in [0.2, 0.25) is 10.0 Å². The normalized spacial score (nSPS) is 12.4. The van der Waals surface area contributed by atoms with E-state index in [0.717, 1.165) is 12.1 Å². The lowest BCUT2D eigenvalue weighted by Gasteiger charge is -2.17. The minimum Gasteiger partial charge on any atom is -0.314 e. The molecule has 0 saturated heterocycles. The molecule has 1 N–H and O–H groups in total. The van der Waals surface area contributed by atoms with E-state index in [-0.39, 0.29) is 5.75 Å². The van der Waals surface area contributed by atoms with Crippen molar-refractivity contribution in [3.8, 4) is 0 Å². The summed E-state index contributed by atoms with van der Waals surface area (Å²) in [4.78, 5) is 0.